The van der Waals surface area contributed by atoms with Gasteiger partial charge in [-0.2, -0.15) is 13.2 Å². The van der Waals surface area contributed by atoms with E-state index in [1.54, 1.807) is 0 Å². The van der Waals surface area contributed by atoms with Crippen molar-refractivity contribution < 1.29 is 22.8 Å². The van der Waals surface area contributed by atoms with E-state index in [0.717, 1.165) is 16.5 Å². The Bertz CT molecular complexity index is 850. The van der Waals surface area contributed by atoms with Crippen LogP contribution in [0.1, 0.15) is 16.7 Å². The number of benzene rings is 2. The number of anilines is 1. The van der Waals surface area contributed by atoms with E-state index in [-0.39, 0.29) is 11.3 Å². The van der Waals surface area contributed by atoms with Gasteiger partial charge < -0.3 is 4.90 Å². The highest BCUT2D eigenvalue weighted by molar-refractivity contribution is 6.21. The first-order valence-electron chi connectivity index (χ1n) is 8.03. The molecule has 1 saturated heterocycles. The van der Waals surface area contributed by atoms with Crippen molar-refractivity contribution in [3.63, 3.8) is 0 Å². The molecule has 0 aliphatic carbocycles. The number of carbonyl (C=O) groups is 2. The number of halogens is 3. The molecule has 1 aliphatic heterocycles. The lowest BCUT2D eigenvalue weighted by molar-refractivity contribution is -0.138. The number of hydrogen-bond acceptors (Lipinski definition) is 2. The van der Waals surface area contributed by atoms with Gasteiger partial charge in [0.1, 0.15) is 6.04 Å². The average Bonchev–Trinajstić information content (AvgIpc) is 2.79. The van der Waals surface area contributed by atoms with E-state index in [4.69, 9.17) is 0 Å². The van der Waals surface area contributed by atoms with Gasteiger partial charge in [-0.3, -0.25) is 4.79 Å². The zero-order valence-electron chi connectivity index (χ0n) is 14.2. The third kappa shape index (κ3) is 3.05. The van der Waals surface area contributed by atoms with Crippen molar-refractivity contribution in [1.82, 2.24) is 4.90 Å². The molecule has 3 amide bonds. The molecule has 1 fully saturated rings. The van der Waals surface area contributed by atoms with Crippen molar-refractivity contribution in [3.8, 4) is 0 Å². The lowest BCUT2D eigenvalue weighted by Gasteiger charge is -2.19. The smallest absolute Gasteiger partial charge is 0.315 e. The molecule has 26 heavy (non-hydrogen) atoms. The number of rotatable bonds is 3. The number of hydrogen-bond donors (Lipinski definition) is 0. The van der Waals surface area contributed by atoms with Crippen LogP contribution in [0.5, 0.6) is 0 Å². The largest absolute Gasteiger partial charge is 0.416 e. The number of amides is 3. The Balaban J connectivity index is 1.97. The second kappa shape index (κ2) is 6.48. The molecule has 0 bridgehead atoms. The Labute approximate surface area is 148 Å². The number of imide groups is 1. The minimum atomic E-state index is -4.55. The molecular weight excluding hydrogens is 345 g/mol. The second-order valence-corrected chi connectivity index (χ2v) is 6.22. The van der Waals surface area contributed by atoms with Gasteiger partial charge in [-0.15, -0.1) is 0 Å². The van der Waals surface area contributed by atoms with Crippen molar-refractivity contribution >= 4 is 17.6 Å². The summed E-state index contributed by atoms with van der Waals surface area (Å²) in [6, 6.07) is 11.3. The Kier molecular flexibility index (Phi) is 4.48. The van der Waals surface area contributed by atoms with Gasteiger partial charge >= 0.3 is 12.2 Å². The van der Waals surface area contributed by atoms with Crippen LogP contribution < -0.4 is 4.90 Å². The molecule has 0 saturated carbocycles. The molecule has 7 heteroatoms. The number of nitrogens with zero attached hydrogens (tertiary/aromatic N) is 2. The highest BCUT2D eigenvalue weighted by Crippen LogP contribution is 2.37. The Morgan fingerprint density at radius 1 is 1.00 bits per heavy atom. The van der Waals surface area contributed by atoms with Gasteiger partial charge in [0.25, 0.3) is 5.91 Å². The van der Waals surface area contributed by atoms with Crippen LogP contribution in [-0.4, -0.2) is 29.9 Å². The van der Waals surface area contributed by atoms with E-state index in [2.05, 4.69) is 0 Å². The van der Waals surface area contributed by atoms with Crippen LogP contribution in [0.4, 0.5) is 23.7 Å². The molecular formula is C19H17F3N2O2. The number of alkyl halides is 3. The molecule has 0 aromatic heterocycles. The normalized spacial score (nSPS) is 18.0. The maximum atomic E-state index is 13.2. The lowest BCUT2D eigenvalue weighted by Crippen LogP contribution is -2.33. The maximum absolute atomic E-state index is 13.2. The van der Waals surface area contributed by atoms with Crippen LogP contribution in [0, 0.1) is 6.92 Å². The van der Waals surface area contributed by atoms with Gasteiger partial charge in [-0.05, 0) is 30.2 Å². The van der Waals surface area contributed by atoms with E-state index in [1.165, 1.54) is 31.0 Å². The molecule has 0 N–H and O–H groups in total. The molecule has 1 aliphatic rings. The fraction of sp³-hybridized carbons (Fsp3) is 0.263. The van der Waals surface area contributed by atoms with Crippen molar-refractivity contribution in [1.29, 1.82) is 0 Å². The minimum Gasteiger partial charge on any atom is -0.315 e. The van der Waals surface area contributed by atoms with Crippen LogP contribution in [0.15, 0.2) is 48.5 Å². The summed E-state index contributed by atoms with van der Waals surface area (Å²) in [4.78, 5) is 27.5. The summed E-state index contributed by atoms with van der Waals surface area (Å²) in [7, 11) is 1.48. The van der Waals surface area contributed by atoms with Gasteiger partial charge in [-0.25, -0.2) is 9.69 Å². The maximum Gasteiger partial charge on any atom is 0.416 e. The first-order chi connectivity index (χ1) is 12.2. The van der Waals surface area contributed by atoms with Gasteiger partial charge in [0.15, 0.2) is 0 Å². The molecule has 136 valence electrons. The monoisotopic (exact) mass is 362 g/mol. The van der Waals surface area contributed by atoms with Gasteiger partial charge in [0.05, 0.1) is 11.3 Å². The van der Waals surface area contributed by atoms with Gasteiger partial charge in [0, 0.05) is 13.5 Å². The summed E-state index contributed by atoms with van der Waals surface area (Å²) in [5.41, 5.74) is -0.162. The first kappa shape index (κ1) is 18.0. The topological polar surface area (TPSA) is 40.6 Å². The summed E-state index contributed by atoms with van der Waals surface area (Å²) >= 11 is 0. The standard InChI is InChI=1S/C19H17F3N2O2/c1-12-14(19(20,21)22)9-6-10-15(12)24-17(25)16(23(2)18(24)26)11-13-7-4-3-5-8-13/h3-10,16H,11H2,1-2H3/t16-/m1/s1. The molecule has 0 radical (unpaired) electrons. The minimum absolute atomic E-state index is 0.0303. The summed E-state index contributed by atoms with van der Waals surface area (Å²) in [6.45, 7) is 1.27. The molecule has 0 unspecified atom stereocenters. The predicted molar refractivity (Wildman–Crippen MR) is 90.8 cm³/mol. The molecule has 4 nitrogen and oxygen atoms in total. The van der Waals surface area contributed by atoms with E-state index in [9.17, 15) is 22.8 Å². The van der Waals surface area contributed by atoms with Crippen molar-refractivity contribution in [2.24, 2.45) is 0 Å². The third-order valence-corrected chi connectivity index (χ3v) is 4.59. The second-order valence-electron chi connectivity index (χ2n) is 6.22. The number of likely N-dealkylation sites (N-methyl/N-ethyl adjacent to an activating group) is 1. The quantitative estimate of drug-likeness (QED) is 0.774. The number of urea groups is 1. The van der Waals surface area contributed by atoms with E-state index < -0.39 is 29.7 Å². The summed E-state index contributed by atoms with van der Waals surface area (Å²) in [5, 5.41) is 0. The number of carbonyl (C=O) groups excluding carboxylic acids is 2. The fourth-order valence-electron chi connectivity index (χ4n) is 3.16. The zero-order chi connectivity index (χ0) is 19.1. The fourth-order valence-corrected chi connectivity index (χ4v) is 3.16. The third-order valence-electron chi connectivity index (χ3n) is 4.59. The van der Waals surface area contributed by atoms with E-state index >= 15 is 0 Å². The Hall–Kier alpha value is -2.83. The molecule has 3 rings (SSSR count). The van der Waals surface area contributed by atoms with Crippen LogP contribution in [0.3, 0.4) is 0 Å². The predicted octanol–water partition coefficient (Wildman–Crippen LogP) is 4.02. The van der Waals surface area contributed by atoms with Crippen LogP contribution in [0.2, 0.25) is 0 Å². The van der Waals surface area contributed by atoms with Crippen molar-refractivity contribution in [2.75, 3.05) is 11.9 Å². The molecule has 0 spiro atoms. The highest BCUT2D eigenvalue weighted by Gasteiger charge is 2.45. The molecule has 1 atom stereocenters. The first-order valence-corrected chi connectivity index (χ1v) is 8.03. The molecule has 1 heterocycles. The average molecular weight is 362 g/mol. The Morgan fingerprint density at radius 2 is 1.65 bits per heavy atom. The summed E-state index contributed by atoms with van der Waals surface area (Å²) in [6.07, 6.45) is -4.25. The van der Waals surface area contributed by atoms with Crippen molar-refractivity contribution in [2.45, 2.75) is 25.6 Å². The molecule has 2 aromatic carbocycles. The van der Waals surface area contributed by atoms with E-state index in [0.29, 0.717) is 6.42 Å². The van der Waals surface area contributed by atoms with Gasteiger partial charge in [0.2, 0.25) is 0 Å². The van der Waals surface area contributed by atoms with Crippen LogP contribution >= 0.6 is 0 Å². The SMILES string of the molecule is Cc1c(N2C(=O)[C@@H](Cc3ccccc3)N(C)C2=O)cccc1C(F)(F)F. The molecule has 2 aromatic rings. The summed E-state index contributed by atoms with van der Waals surface area (Å²) in [5.74, 6) is -0.524. The van der Waals surface area contributed by atoms with Crippen molar-refractivity contribution in [3.05, 3.63) is 65.2 Å². The van der Waals surface area contributed by atoms with E-state index in [1.807, 2.05) is 30.3 Å². The van der Waals surface area contributed by atoms with Crippen LogP contribution in [0.25, 0.3) is 0 Å². The summed E-state index contributed by atoms with van der Waals surface area (Å²) < 4.78 is 39.5. The highest BCUT2D eigenvalue weighted by atomic mass is 19.4. The Morgan fingerprint density at radius 3 is 2.27 bits per heavy atom. The lowest BCUT2D eigenvalue weighted by atomic mass is 10.0. The van der Waals surface area contributed by atoms with Crippen LogP contribution in [-0.2, 0) is 17.4 Å². The van der Waals surface area contributed by atoms with Gasteiger partial charge in [-0.1, -0.05) is 36.4 Å². The zero-order valence-corrected chi connectivity index (χ0v) is 14.2.